The molecule has 0 unspecified atom stereocenters. The van der Waals surface area contributed by atoms with Crippen molar-refractivity contribution in [2.45, 2.75) is 0 Å². The van der Waals surface area contributed by atoms with Gasteiger partial charge in [0.1, 0.15) is 5.16 Å². The molecule has 0 spiro atoms. The minimum absolute atomic E-state index is 0.565. The predicted octanol–water partition coefficient (Wildman–Crippen LogP) is -0.0224. The highest BCUT2D eigenvalue weighted by Gasteiger charge is 1.94. The molecule has 0 amide bonds. The normalized spacial score (nSPS) is 19.8. The van der Waals surface area contributed by atoms with Crippen LogP contribution in [0.25, 0.3) is 0 Å². The number of rotatable bonds is 0. The number of nitrogens with one attached hydrogen (secondary N) is 2. The molecule has 2 nitrogen and oxygen atoms in total. The van der Waals surface area contributed by atoms with Crippen molar-refractivity contribution in [1.29, 1.82) is 0 Å². The Kier molecular flexibility index (Phi) is 0.986. The Labute approximate surface area is 41.1 Å². The minimum atomic E-state index is 0.565. The summed E-state index contributed by atoms with van der Waals surface area (Å²) in [5.74, 6) is 0. The van der Waals surface area contributed by atoms with Crippen LogP contribution in [0.4, 0.5) is 0 Å². The van der Waals surface area contributed by atoms with Crippen molar-refractivity contribution in [2.75, 3.05) is 6.54 Å². The average molecular weight is 104 g/mol. The zero-order valence-corrected chi connectivity index (χ0v) is 3.84. The Morgan fingerprint density at radius 2 is 2.67 bits per heavy atom. The van der Waals surface area contributed by atoms with Crippen molar-refractivity contribution in [1.82, 2.24) is 10.9 Å². The molecule has 0 fully saturated rings. The van der Waals surface area contributed by atoms with Crippen LogP contribution in [-0.2, 0) is 0 Å². The molecule has 1 aliphatic heterocycles. The monoisotopic (exact) mass is 103 g/mol. The van der Waals surface area contributed by atoms with Crippen LogP contribution in [0.2, 0.25) is 0 Å². The molecule has 6 heavy (non-hydrogen) atoms. The Morgan fingerprint density at radius 3 is 2.83 bits per heavy atom. The van der Waals surface area contributed by atoms with E-state index in [-0.39, 0.29) is 0 Å². The van der Waals surface area contributed by atoms with Crippen LogP contribution in [0.5, 0.6) is 0 Å². The van der Waals surface area contributed by atoms with Gasteiger partial charge in [-0.2, -0.15) is 0 Å². The van der Waals surface area contributed by atoms with Crippen LogP contribution in [-0.4, -0.2) is 6.54 Å². The summed E-state index contributed by atoms with van der Waals surface area (Å²) in [6, 6.07) is 0. The zero-order valence-electron chi connectivity index (χ0n) is 3.09. The molecule has 33 valence electrons. The van der Waals surface area contributed by atoms with E-state index in [0.717, 1.165) is 0 Å². The van der Waals surface area contributed by atoms with E-state index in [4.69, 9.17) is 11.6 Å². The lowest BCUT2D eigenvalue weighted by Gasteiger charge is -1.88. The van der Waals surface area contributed by atoms with Crippen LogP contribution < -0.4 is 10.9 Å². The van der Waals surface area contributed by atoms with Gasteiger partial charge in [0.25, 0.3) is 0 Å². The van der Waals surface area contributed by atoms with Crippen molar-refractivity contribution in [3.8, 4) is 0 Å². The molecule has 0 saturated carbocycles. The summed E-state index contributed by atoms with van der Waals surface area (Å²) in [5, 5.41) is 0.565. The van der Waals surface area contributed by atoms with Gasteiger partial charge in [0, 0.05) is 12.6 Å². The predicted molar refractivity (Wildman–Crippen MR) is 23.7 cm³/mol. The fourth-order valence-electron chi connectivity index (χ4n) is 0.288. The molecule has 0 aromatic carbocycles. The Bertz CT molecular complexity index is 78.9. The van der Waals surface area contributed by atoms with Gasteiger partial charge in [-0.1, -0.05) is 11.6 Å². The van der Waals surface area contributed by atoms with Crippen molar-refractivity contribution >= 4 is 11.6 Å². The van der Waals surface area contributed by atoms with Crippen molar-refractivity contribution in [3.63, 3.8) is 0 Å². The van der Waals surface area contributed by atoms with E-state index in [2.05, 4.69) is 16.9 Å². The molecule has 0 bridgehead atoms. The lowest BCUT2D eigenvalue weighted by Crippen LogP contribution is -2.21. The van der Waals surface area contributed by atoms with Crippen molar-refractivity contribution in [3.05, 3.63) is 11.2 Å². The molecular formula is C3H4ClN2. The van der Waals surface area contributed by atoms with Gasteiger partial charge in [-0.3, -0.25) is 0 Å². The van der Waals surface area contributed by atoms with Gasteiger partial charge in [0.05, 0.1) is 0 Å². The largest absolute Gasteiger partial charge is 0.311 e. The highest BCUT2D eigenvalue weighted by Crippen LogP contribution is 1.94. The van der Waals surface area contributed by atoms with E-state index in [9.17, 15) is 0 Å². The second-order valence-electron chi connectivity index (χ2n) is 0.969. The molecule has 3 heteroatoms. The van der Waals surface area contributed by atoms with Gasteiger partial charge in [0.15, 0.2) is 0 Å². The van der Waals surface area contributed by atoms with Crippen LogP contribution in [0.1, 0.15) is 0 Å². The number of halogens is 1. The van der Waals surface area contributed by atoms with Gasteiger partial charge < -0.3 is 5.43 Å². The Hall–Kier alpha value is -0.210. The summed E-state index contributed by atoms with van der Waals surface area (Å²) in [6.45, 7) is 0.707. The van der Waals surface area contributed by atoms with E-state index in [1.54, 1.807) is 0 Å². The third-order valence-corrected chi connectivity index (χ3v) is 0.758. The third-order valence-electron chi connectivity index (χ3n) is 0.530. The SMILES string of the molecule is ClC1=[C]CNN1. The standard InChI is InChI=1S/C3H4ClN2/c4-3-1-2-5-6-3/h5-6H,2H2. The van der Waals surface area contributed by atoms with E-state index in [1.807, 2.05) is 0 Å². The van der Waals surface area contributed by atoms with Gasteiger partial charge in [-0.25, -0.2) is 5.43 Å². The summed E-state index contributed by atoms with van der Waals surface area (Å²) in [5.41, 5.74) is 5.38. The first-order valence-electron chi connectivity index (χ1n) is 1.65. The first-order valence-corrected chi connectivity index (χ1v) is 2.02. The first kappa shape index (κ1) is 3.96. The average Bonchev–Trinajstić information content (AvgIpc) is 1.86. The van der Waals surface area contributed by atoms with Gasteiger partial charge >= 0.3 is 0 Å². The lowest BCUT2D eigenvalue weighted by molar-refractivity contribution is 0.718. The lowest BCUT2D eigenvalue weighted by atomic mass is 10.7. The maximum atomic E-state index is 5.34. The number of hydrogen-bond donors (Lipinski definition) is 2. The summed E-state index contributed by atoms with van der Waals surface area (Å²) < 4.78 is 0. The third kappa shape index (κ3) is 0.640. The van der Waals surface area contributed by atoms with E-state index in [1.165, 1.54) is 0 Å². The zero-order chi connectivity index (χ0) is 4.41. The molecule has 0 atom stereocenters. The second-order valence-corrected chi connectivity index (χ2v) is 1.35. The van der Waals surface area contributed by atoms with Crippen LogP contribution in [0, 0.1) is 6.08 Å². The second kappa shape index (κ2) is 1.49. The Balaban J connectivity index is 2.45. The molecule has 1 rings (SSSR count). The molecule has 0 aromatic rings. The fraction of sp³-hybridized carbons (Fsp3) is 0.333. The topological polar surface area (TPSA) is 24.1 Å². The number of hydrogen-bond acceptors (Lipinski definition) is 2. The van der Waals surface area contributed by atoms with Gasteiger partial charge in [0.2, 0.25) is 0 Å². The fourth-order valence-corrected chi connectivity index (χ4v) is 0.421. The van der Waals surface area contributed by atoms with Gasteiger partial charge in [-0.05, 0) is 0 Å². The highest BCUT2D eigenvalue weighted by molar-refractivity contribution is 6.28. The summed E-state index contributed by atoms with van der Waals surface area (Å²) >= 11 is 5.34. The van der Waals surface area contributed by atoms with Gasteiger partial charge in [-0.15, -0.1) is 0 Å². The summed E-state index contributed by atoms with van der Waals surface area (Å²) in [4.78, 5) is 0. The quantitative estimate of drug-likeness (QED) is 0.421. The van der Waals surface area contributed by atoms with Crippen molar-refractivity contribution < 1.29 is 0 Å². The van der Waals surface area contributed by atoms with Crippen molar-refractivity contribution in [2.24, 2.45) is 0 Å². The smallest absolute Gasteiger partial charge is 0.121 e. The van der Waals surface area contributed by atoms with E-state index < -0.39 is 0 Å². The molecule has 2 N–H and O–H groups in total. The molecule has 0 aliphatic carbocycles. The summed E-state index contributed by atoms with van der Waals surface area (Å²) in [6.07, 6.45) is 2.78. The molecule has 0 saturated heterocycles. The molecule has 1 radical (unpaired) electrons. The maximum absolute atomic E-state index is 5.34. The first-order chi connectivity index (χ1) is 2.89. The molecule has 1 heterocycles. The summed E-state index contributed by atoms with van der Waals surface area (Å²) in [7, 11) is 0. The van der Waals surface area contributed by atoms with Crippen LogP contribution in [0.15, 0.2) is 5.16 Å². The molecule has 0 aromatic heterocycles. The van der Waals surface area contributed by atoms with E-state index >= 15 is 0 Å². The maximum Gasteiger partial charge on any atom is 0.121 e. The number of hydrazine groups is 1. The van der Waals surface area contributed by atoms with E-state index in [0.29, 0.717) is 11.7 Å². The molecular weight excluding hydrogens is 99.5 g/mol. The van der Waals surface area contributed by atoms with Crippen LogP contribution in [0.3, 0.4) is 0 Å². The minimum Gasteiger partial charge on any atom is -0.311 e. The Morgan fingerprint density at radius 1 is 1.83 bits per heavy atom. The van der Waals surface area contributed by atoms with Crippen LogP contribution >= 0.6 is 11.6 Å². The molecule has 1 aliphatic rings. The highest BCUT2D eigenvalue weighted by atomic mass is 35.5.